The number of sulfonamides is 1. The summed E-state index contributed by atoms with van der Waals surface area (Å²) < 4.78 is 50.3. The monoisotopic (exact) mass is 718 g/mol. The molecule has 3 rings (SSSR count). The highest BCUT2D eigenvalue weighted by Crippen LogP contribution is 2.37. The number of nitrogens with zero attached hydrogens (tertiary/aromatic N) is 1. The molecule has 0 aliphatic carbocycles. The zero-order chi connectivity index (χ0) is 36.0. The lowest BCUT2D eigenvalue weighted by Crippen LogP contribution is -2.50. The second-order valence-electron chi connectivity index (χ2n) is 11.9. The van der Waals surface area contributed by atoms with Gasteiger partial charge >= 0.3 is 13.9 Å². The van der Waals surface area contributed by atoms with E-state index in [4.69, 9.17) is 15.0 Å². The Balaban J connectivity index is 1.79. The molecule has 2 atom stereocenters. The van der Waals surface area contributed by atoms with Crippen LogP contribution in [-0.4, -0.2) is 72.9 Å². The Morgan fingerprint density at radius 1 is 0.918 bits per heavy atom. The summed E-state index contributed by atoms with van der Waals surface area (Å²) in [5, 5.41) is 5.62. The fourth-order valence-corrected chi connectivity index (χ4v) is 7.57. The topological polar surface area (TPSA) is 198 Å². The summed E-state index contributed by atoms with van der Waals surface area (Å²) in [6, 6.07) is 22.4. The van der Waals surface area contributed by atoms with Crippen LogP contribution in [0.15, 0.2) is 89.8 Å². The van der Waals surface area contributed by atoms with Crippen molar-refractivity contribution in [3.05, 3.63) is 96.1 Å². The third kappa shape index (κ3) is 12.6. The molecule has 3 aromatic rings. The second kappa shape index (κ2) is 18.8. The maximum Gasteiger partial charge on any atom is 0.469 e. The van der Waals surface area contributed by atoms with E-state index in [-0.39, 0.29) is 36.9 Å². The standard InChI is InChI=1S/C34H47N4O9PS/c1-4-46-34(40)37-32(31(26-13-7-5-8-14-26)27-15-9-6-10-16-27)33(39)36-22-12-11-17-29(24-47-48(41,42)43)38(23-25(2)3)49(44,45)30-20-18-28(35)19-21-30/h5-10,13-16,18-21,25,29,31-32H,4,11-12,17,22-24,35H2,1-3H3,(H,36,39)(H,37,40)(H2,41,42,43)/t29?,32-/m0/s1. The first kappa shape index (κ1) is 39.7. The maximum atomic E-state index is 13.8. The van der Waals surface area contributed by atoms with Crippen LogP contribution < -0.4 is 16.4 Å². The molecule has 0 radical (unpaired) electrons. The molecule has 2 amide bonds. The van der Waals surface area contributed by atoms with Crippen LogP contribution >= 0.6 is 7.82 Å². The number of carbonyl (C=O) groups excluding carboxylic acids is 2. The number of alkyl carbamates (subject to hydrolysis) is 1. The second-order valence-corrected chi connectivity index (χ2v) is 15.0. The molecule has 1 unspecified atom stereocenters. The van der Waals surface area contributed by atoms with Crippen LogP contribution in [0, 0.1) is 5.92 Å². The Hall–Kier alpha value is -3.78. The number of phosphoric acid groups is 1. The molecule has 0 aromatic heterocycles. The molecule has 49 heavy (non-hydrogen) atoms. The average Bonchev–Trinajstić information content (AvgIpc) is 3.05. The Morgan fingerprint density at radius 3 is 2.00 bits per heavy atom. The highest BCUT2D eigenvalue weighted by atomic mass is 32.2. The number of hydrogen-bond donors (Lipinski definition) is 5. The number of hydrogen-bond acceptors (Lipinski definition) is 8. The van der Waals surface area contributed by atoms with Gasteiger partial charge in [0.2, 0.25) is 15.9 Å². The van der Waals surface area contributed by atoms with Gasteiger partial charge < -0.3 is 30.9 Å². The molecule has 0 saturated heterocycles. The van der Waals surface area contributed by atoms with Crippen molar-refractivity contribution in [2.45, 2.75) is 62.9 Å². The molecular formula is C34H47N4O9PS. The van der Waals surface area contributed by atoms with Gasteiger partial charge in [0, 0.05) is 30.7 Å². The molecule has 15 heteroatoms. The number of anilines is 1. The molecule has 0 fully saturated rings. The Bertz CT molecular complexity index is 1580. The number of phosphoric ester groups is 1. The van der Waals surface area contributed by atoms with E-state index in [0.29, 0.717) is 18.5 Å². The summed E-state index contributed by atoms with van der Waals surface area (Å²) in [5.41, 5.74) is 7.77. The SMILES string of the molecule is CCOC(=O)N[C@H](C(=O)NCCCCC(COP(=O)(O)O)N(CC(C)C)S(=O)(=O)c1ccc(N)cc1)C(c1ccccc1)c1ccccc1. The summed E-state index contributed by atoms with van der Waals surface area (Å²) in [7, 11) is -9.01. The first-order chi connectivity index (χ1) is 23.2. The van der Waals surface area contributed by atoms with Crippen molar-refractivity contribution in [3.63, 3.8) is 0 Å². The number of carbonyl (C=O) groups is 2. The molecule has 0 aliphatic rings. The van der Waals surface area contributed by atoms with Gasteiger partial charge in [-0.05, 0) is 61.1 Å². The largest absolute Gasteiger partial charge is 0.469 e. The van der Waals surface area contributed by atoms with E-state index < -0.39 is 54.5 Å². The molecule has 0 heterocycles. The van der Waals surface area contributed by atoms with Crippen LogP contribution in [0.2, 0.25) is 0 Å². The number of nitrogens with two attached hydrogens (primary N) is 1. The maximum absolute atomic E-state index is 13.8. The molecule has 0 bridgehead atoms. The lowest BCUT2D eigenvalue weighted by molar-refractivity contribution is -0.123. The van der Waals surface area contributed by atoms with E-state index in [0.717, 1.165) is 11.1 Å². The van der Waals surface area contributed by atoms with Crippen LogP contribution in [0.3, 0.4) is 0 Å². The lowest BCUT2D eigenvalue weighted by Gasteiger charge is -2.32. The van der Waals surface area contributed by atoms with E-state index >= 15 is 0 Å². The summed E-state index contributed by atoms with van der Waals surface area (Å²) in [6.45, 7) is 5.16. The molecule has 0 aliphatic heterocycles. The fourth-order valence-electron chi connectivity index (χ4n) is 5.40. The number of ether oxygens (including phenoxy) is 1. The van der Waals surface area contributed by atoms with Crippen molar-refractivity contribution in [3.8, 4) is 0 Å². The van der Waals surface area contributed by atoms with E-state index in [9.17, 15) is 32.4 Å². The summed E-state index contributed by atoms with van der Waals surface area (Å²) >= 11 is 0. The number of nitrogens with one attached hydrogen (secondary N) is 2. The van der Waals surface area contributed by atoms with Gasteiger partial charge in [-0.25, -0.2) is 17.8 Å². The predicted molar refractivity (Wildman–Crippen MR) is 187 cm³/mol. The third-order valence-electron chi connectivity index (χ3n) is 7.62. The number of rotatable bonds is 19. The van der Waals surface area contributed by atoms with E-state index in [2.05, 4.69) is 10.6 Å². The van der Waals surface area contributed by atoms with Gasteiger partial charge in [0.1, 0.15) is 6.04 Å². The highest BCUT2D eigenvalue weighted by Gasteiger charge is 2.35. The van der Waals surface area contributed by atoms with Gasteiger partial charge in [-0.3, -0.25) is 9.32 Å². The smallest absolute Gasteiger partial charge is 0.450 e. The molecule has 268 valence electrons. The number of benzene rings is 3. The first-order valence-corrected chi connectivity index (χ1v) is 19.1. The van der Waals surface area contributed by atoms with Gasteiger partial charge in [-0.2, -0.15) is 4.31 Å². The van der Waals surface area contributed by atoms with Crippen LogP contribution in [0.25, 0.3) is 0 Å². The van der Waals surface area contributed by atoms with Crippen molar-refractivity contribution < 1.29 is 41.6 Å². The summed E-state index contributed by atoms with van der Waals surface area (Å²) in [5.74, 6) is -1.10. The van der Waals surface area contributed by atoms with Gasteiger partial charge in [0.25, 0.3) is 0 Å². The normalized spacial score (nSPS) is 13.3. The molecule has 0 saturated carbocycles. The van der Waals surface area contributed by atoms with Crippen molar-refractivity contribution >= 4 is 35.5 Å². The van der Waals surface area contributed by atoms with E-state index in [1.165, 1.54) is 28.6 Å². The van der Waals surface area contributed by atoms with Crippen molar-refractivity contribution in [1.82, 2.24) is 14.9 Å². The summed E-state index contributed by atoms with van der Waals surface area (Å²) in [4.78, 5) is 45.2. The Kier molecular flexibility index (Phi) is 15.2. The molecule has 6 N–H and O–H groups in total. The molecular weight excluding hydrogens is 671 g/mol. The zero-order valence-corrected chi connectivity index (χ0v) is 29.7. The Labute approximate surface area is 288 Å². The van der Waals surface area contributed by atoms with Gasteiger partial charge in [0.15, 0.2) is 0 Å². The average molecular weight is 719 g/mol. The minimum atomic E-state index is -4.91. The third-order valence-corrected chi connectivity index (χ3v) is 10.0. The number of amides is 2. The Morgan fingerprint density at radius 2 is 1.49 bits per heavy atom. The number of unbranched alkanes of at least 4 members (excludes halogenated alkanes) is 1. The summed E-state index contributed by atoms with van der Waals surface area (Å²) in [6.07, 6.45) is 0.207. The highest BCUT2D eigenvalue weighted by molar-refractivity contribution is 7.89. The molecule has 13 nitrogen and oxygen atoms in total. The van der Waals surface area contributed by atoms with E-state index in [1.807, 2.05) is 74.5 Å². The minimum Gasteiger partial charge on any atom is -0.450 e. The van der Waals surface area contributed by atoms with Gasteiger partial charge in [0.05, 0.1) is 18.1 Å². The van der Waals surface area contributed by atoms with Crippen molar-refractivity contribution in [1.29, 1.82) is 0 Å². The zero-order valence-electron chi connectivity index (χ0n) is 28.0. The van der Waals surface area contributed by atoms with Crippen molar-refractivity contribution in [2.75, 3.05) is 32.0 Å². The lowest BCUT2D eigenvalue weighted by atomic mass is 9.84. The minimum absolute atomic E-state index is 0.0117. The van der Waals surface area contributed by atoms with Gasteiger partial charge in [-0.1, -0.05) is 80.9 Å². The molecule has 3 aromatic carbocycles. The quantitative estimate of drug-likeness (QED) is 0.0662. The van der Waals surface area contributed by atoms with Crippen molar-refractivity contribution in [2.24, 2.45) is 5.92 Å². The first-order valence-electron chi connectivity index (χ1n) is 16.1. The molecule has 0 spiro atoms. The predicted octanol–water partition coefficient (Wildman–Crippen LogP) is 4.63. The van der Waals surface area contributed by atoms with Crippen LogP contribution in [-0.2, 0) is 28.6 Å². The number of nitrogen functional groups attached to an aromatic ring is 1. The van der Waals surface area contributed by atoms with Crippen LogP contribution in [0.1, 0.15) is 57.1 Å². The van der Waals surface area contributed by atoms with Gasteiger partial charge in [-0.15, -0.1) is 0 Å². The van der Waals surface area contributed by atoms with Crippen LogP contribution in [0.4, 0.5) is 10.5 Å². The fraction of sp³-hybridized carbons (Fsp3) is 0.412. The van der Waals surface area contributed by atoms with Crippen LogP contribution in [0.5, 0.6) is 0 Å². The van der Waals surface area contributed by atoms with E-state index in [1.54, 1.807) is 6.92 Å².